The number of methoxy groups -OCH3 is 1. The van der Waals surface area contributed by atoms with Gasteiger partial charge in [0.15, 0.2) is 0 Å². The molecular weight excluding hydrogens is 274 g/mol. The molecule has 3 aromatic rings. The first-order chi connectivity index (χ1) is 10.3. The van der Waals surface area contributed by atoms with E-state index >= 15 is 0 Å². The molecule has 3 rings (SSSR count). The molecule has 0 saturated carbocycles. The van der Waals surface area contributed by atoms with Crippen LogP contribution in [-0.2, 0) is 17.9 Å². The van der Waals surface area contributed by atoms with E-state index in [1.54, 1.807) is 6.20 Å². The predicted molar refractivity (Wildman–Crippen MR) is 71.9 cm³/mol. The summed E-state index contributed by atoms with van der Waals surface area (Å²) in [6.07, 6.45) is 1.59. The fourth-order valence-corrected chi connectivity index (χ4v) is 1.84. The molecule has 2 heterocycles. The maximum atomic E-state index is 11.6. The Morgan fingerprint density at radius 3 is 2.81 bits per heavy atom. The molecule has 0 saturated heterocycles. The van der Waals surface area contributed by atoms with Crippen LogP contribution in [0.15, 0.2) is 45.7 Å². The summed E-state index contributed by atoms with van der Waals surface area (Å²) in [5, 5.41) is 12.5. The van der Waals surface area contributed by atoms with Gasteiger partial charge in [-0.15, -0.1) is 5.10 Å². The average molecular weight is 287 g/mol. The Balaban J connectivity index is 1.80. The minimum absolute atomic E-state index is 0.152. The van der Waals surface area contributed by atoms with Crippen molar-refractivity contribution in [3.63, 3.8) is 0 Å². The van der Waals surface area contributed by atoms with Gasteiger partial charge in [-0.2, -0.15) is 19.7 Å². The topological polar surface area (TPSA) is 88.0 Å². The molecule has 0 N–H and O–H groups in total. The van der Waals surface area contributed by atoms with E-state index in [0.29, 0.717) is 5.69 Å². The third kappa shape index (κ3) is 2.90. The molecule has 0 amide bonds. The number of para-hydroxylation sites is 1. The maximum Gasteiger partial charge on any atom is 0.437 e. The van der Waals surface area contributed by atoms with Gasteiger partial charge in [-0.05, 0) is 12.1 Å². The fourth-order valence-electron chi connectivity index (χ4n) is 1.84. The molecule has 2 aromatic heterocycles. The van der Waals surface area contributed by atoms with Gasteiger partial charge in [0.2, 0.25) is 5.89 Å². The van der Waals surface area contributed by atoms with Crippen LogP contribution in [0.1, 0.15) is 11.6 Å². The van der Waals surface area contributed by atoms with Crippen molar-refractivity contribution in [3.8, 4) is 5.69 Å². The predicted octanol–water partition coefficient (Wildman–Crippen LogP) is 0.612. The highest BCUT2D eigenvalue weighted by atomic mass is 16.5. The molecule has 0 atom stereocenters. The molecule has 0 aliphatic rings. The van der Waals surface area contributed by atoms with Crippen LogP contribution in [0.2, 0.25) is 0 Å². The second-order valence-electron chi connectivity index (χ2n) is 4.31. The normalized spacial score (nSPS) is 10.9. The molecule has 0 fully saturated rings. The number of aromatic nitrogens is 5. The summed E-state index contributed by atoms with van der Waals surface area (Å²) in [5.41, 5.74) is 1.45. The molecule has 0 unspecified atom stereocenters. The maximum absolute atomic E-state index is 11.6. The zero-order valence-electron chi connectivity index (χ0n) is 11.3. The lowest BCUT2D eigenvalue weighted by molar-refractivity contribution is 0.158. The molecule has 8 nitrogen and oxygen atoms in total. The summed E-state index contributed by atoms with van der Waals surface area (Å²) in [7, 11) is 1.50. The van der Waals surface area contributed by atoms with Gasteiger partial charge in [0, 0.05) is 7.11 Å². The molecule has 1 aromatic carbocycles. The second kappa shape index (κ2) is 5.71. The minimum atomic E-state index is -0.545. The van der Waals surface area contributed by atoms with Gasteiger partial charge in [-0.3, -0.25) is 0 Å². The zero-order valence-corrected chi connectivity index (χ0v) is 11.3. The summed E-state index contributed by atoms with van der Waals surface area (Å²) < 4.78 is 11.0. The molecule has 0 bridgehead atoms. The Labute approximate surface area is 119 Å². The van der Waals surface area contributed by atoms with Gasteiger partial charge in [-0.1, -0.05) is 18.2 Å². The molecular formula is C13H13N5O3. The van der Waals surface area contributed by atoms with Gasteiger partial charge in [0.1, 0.15) is 12.3 Å². The lowest BCUT2D eigenvalue weighted by atomic mass is 10.3. The van der Waals surface area contributed by atoms with Crippen LogP contribution < -0.4 is 5.76 Å². The number of benzene rings is 1. The van der Waals surface area contributed by atoms with Crippen LogP contribution in [-0.4, -0.2) is 31.9 Å². The minimum Gasteiger partial charge on any atom is -0.390 e. The van der Waals surface area contributed by atoms with Crippen molar-refractivity contribution in [2.24, 2.45) is 0 Å². The summed E-state index contributed by atoms with van der Waals surface area (Å²) in [4.78, 5) is 13.1. The molecule has 21 heavy (non-hydrogen) atoms. The van der Waals surface area contributed by atoms with Crippen LogP contribution >= 0.6 is 0 Å². The Bertz CT molecular complexity index is 774. The van der Waals surface area contributed by atoms with E-state index in [1.165, 1.54) is 16.6 Å². The Kier molecular flexibility index (Phi) is 3.61. The smallest absolute Gasteiger partial charge is 0.390 e. The monoisotopic (exact) mass is 287 g/mol. The molecule has 0 spiro atoms. The molecule has 8 heteroatoms. The molecule has 0 aliphatic carbocycles. The first-order valence-electron chi connectivity index (χ1n) is 6.28. The van der Waals surface area contributed by atoms with Gasteiger partial charge < -0.3 is 9.15 Å². The number of hydrogen-bond donors (Lipinski definition) is 0. The van der Waals surface area contributed by atoms with Crippen LogP contribution in [0.5, 0.6) is 0 Å². The van der Waals surface area contributed by atoms with Crippen molar-refractivity contribution < 1.29 is 9.15 Å². The van der Waals surface area contributed by atoms with Crippen LogP contribution in [0.3, 0.4) is 0 Å². The largest absolute Gasteiger partial charge is 0.437 e. The fraction of sp³-hybridized carbons (Fsp3) is 0.231. The summed E-state index contributed by atoms with van der Waals surface area (Å²) in [6.45, 7) is 0.345. The Morgan fingerprint density at radius 2 is 2.05 bits per heavy atom. The Hall–Kier alpha value is -2.74. The van der Waals surface area contributed by atoms with Crippen molar-refractivity contribution in [2.75, 3.05) is 7.11 Å². The highest BCUT2D eigenvalue weighted by Gasteiger charge is 2.10. The lowest BCUT2D eigenvalue weighted by Gasteiger charge is -1.97. The van der Waals surface area contributed by atoms with E-state index in [4.69, 9.17) is 9.15 Å². The average Bonchev–Trinajstić information content (AvgIpc) is 3.09. The lowest BCUT2D eigenvalue weighted by Crippen LogP contribution is -2.17. The van der Waals surface area contributed by atoms with E-state index in [2.05, 4.69) is 15.3 Å². The molecule has 108 valence electrons. The number of hydrogen-bond acceptors (Lipinski definition) is 6. The number of ether oxygens (including phenoxy) is 1. The van der Waals surface area contributed by atoms with E-state index < -0.39 is 5.76 Å². The van der Waals surface area contributed by atoms with E-state index in [1.807, 2.05) is 30.3 Å². The molecule has 0 radical (unpaired) electrons. The Morgan fingerprint density at radius 1 is 1.24 bits per heavy atom. The summed E-state index contributed by atoms with van der Waals surface area (Å²) in [5.74, 6) is -0.311. The van der Waals surface area contributed by atoms with Gasteiger partial charge in [0.05, 0.1) is 18.4 Å². The van der Waals surface area contributed by atoms with E-state index in [9.17, 15) is 4.79 Å². The second-order valence-corrected chi connectivity index (χ2v) is 4.31. The van der Waals surface area contributed by atoms with Crippen molar-refractivity contribution in [1.82, 2.24) is 24.8 Å². The van der Waals surface area contributed by atoms with Crippen molar-refractivity contribution in [2.45, 2.75) is 13.2 Å². The van der Waals surface area contributed by atoms with Gasteiger partial charge in [-0.25, -0.2) is 4.79 Å². The van der Waals surface area contributed by atoms with Gasteiger partial charge >= 0.3 is 5.76 Å². The number of rotatable bonds is 5. The highest BCUT2D eigenvalue weighted by molar-refractivity contribution is 5.28. The van der Waals surface area contributed by atoms with Gasteiger partial charge in [0.25, 0.3) is 0 Å². The summed E-state index contributed by atoms with van der Waals surface area (Å²) >= 11 is 0. The number of nitrogens with zero attached hydrogens (tertiary/aromatic N) is 5. The van der Waals surface area contributed by atoms with Crippen LogP contribution in [0.25, 0.3) is 5.69 Å². The standard InChI is InChI=1S/C13H13N5O3/c1-20-9-12-16-17(13(19)21-12)8-10-7-14-18(15-10)11-5-3-2-4-6-11/h2-7H,8-9H2,1H3. The highest BCUT2D eigenvalue weighted by Crippen LogP contribution is 2.05. The first kappa shape index (κ1) is 13.3. The third-order valence-corrected chi connectivity index (χ3v) is 2.75. The van der Waals surface area contributed by atoms with Crippen molar-refractivity contribution in [1.29, 1.82) is 0 Å². The zero-order chi connectivity index (χ0) is 14.7. The van der Waals surface area contributed by atoms with E-state index in [-0.39, 0.29) is 19.0 Å². The van der Waals surface area contributed by atoms with Crippen LogP contribution in [0, 0.1) is 0 Å². The van der Waals surface area contributed by atoms with Crippen molar-refractivity contribution in [3.05, 3.63) is 58.7 Å². The quantitative estimate of drug-likeness (QED) is 0.683. The summed E-state index contributed by atoms with van der Waals surface area (Å²) in [6, 6.07) is 9.50. The first-order valence-corrected chi connectivity index (χ1v) is 6.28. The molecule has 0 aliphatic heterocycles. The van der Waals surface area contributed by atoms with Crippen molar-refractivity contribution >= 4 is 0 Å². The van der Waals surface area contributed by atoms with Crippen LogP contribution in [0.4, 0.5) is 0 Å². The SMILES string of the molecule is COCc1nn(Cc2cnn(-c3ccccc3)n2)c(=O)o1. The third-order valence-electron chi connectivity index (χ3n) is 2.75. The van der Waals surface area contributed by atoms with E-state index in [0.717, 1.165) is 5.69 Å².